The molecule has 0 bridgehead atoms. The summed E-state index contributed by atoms with van der Waals surface area (Å²) in [4.78, 5) is 22.4. The Bertz CT molecular complexity index is 1290. The van der Waals surface area contributed by atoms with Crippen LogP contribution in [0.15, 0.2) is 66.7 Å². The van der Waals surface area contributed by atoms with E-state index in [4.69, 9.17) is 14.6 Å². The van der Waals surface area contributed by atoms with Gasteiger partial charge in [-0.05, 0) is 78.1 Å². The minimum absolute atomic E-state index is 0.124. The van der Waals surface area contributed by atoms with Crippen LogP contribution < -0.4 is 14.8 Å². The largest absolute Gasteiger partial charge is 0.490 e. The van der Waals surface area contributed by atoms with Gasteiger partial charge in [0, 0.05) is 13.1 Å². The van der Waals surface area contributed by atoms with Crippen LogP contribution in [0.25, 0.3) is 11.1 Å². The summed E-state index contributed by atoms with van der Waals surface area (Å²) in [7, 11) is 0. The smallest absolute Gasteiger partial charge is 0.490 e. The highest BCUT2D eigenvalue weighted by Gasteiger charge is 2.42. The number of alkyl halides is 3. The lowest BCUT2D eigenvalue weighted by Crippen LogP contribution is -2.42. The summed E-state index contributed by atoms with van der Waals surface area (Å²) in [5, 5.41) is 12.1. The number of carboxylic acids is 1. The van der Waals surface area contributed by atoms with Crippen molar-refractivity contribution in [1.82, 2.24) is 5.32 Å². The van der Waals surface area contributed by atoms with E-state index in [0.29, 0.717) is 18.6 Å². The van der Waals surface area contributed by atoms with Gasteiger partial charge in [0.05, 0.1) is 5.56 Å². The molecule has 0 spiro atoms. The van der Waals surface area contributed by atoms with E-state index >= 15 is 0 Å². The number of ether oxygens (including phenoxy) is 3. The number of carbonyl (C=O) groups excluding carboxylic acids is 1. The maximum atomic E-state index is 13.1. The molecule has 0 fully saturated rings. The minimum atomic E-state index is -5.15. The number of benzene rings is 3. The molecule has 0 amide bonds. The predicted octanol–water partition coefficient (Wildman–Crippen LogP) is 5.03. The number of aryl methyl sites for hydroxylation is 1. The van der Waals surface area contributed by atoms with Crippen molar-refractivity contribution >= 4 is 11.9 Å². The first-order chi connectivity index (χ1) is 18.6. The quantitative estimate of drug-likeness (QED) is 0.272. The zero-order valence-corrected chi connectivity index (χ0v) is 20.5. The number of halogens is 4. The van der Waals surface area contributed by atoms with E-state index in [1.807, 2.05) is 18.2 Å². The highest BCUT2D eigenvalue weighted by molar-refractivity contribution is 5.88. The molecular weight excluding hydrogens is 522 g/mol. The fourth-order valence-electron chi connectivity index (χ4n) is 4.05. The van der Waals surface area contributed by atoms with Crippen LogP contribution >= 0.6 is 0 Å². The molecule has 3 aromatic rings. The molecule has 1 heterocycles. The first-order valence-electron chi connectivity index (χ1n) is 12.1. The van der Waals surface area contributed by atoms with Crippen molar-refractivity contribution in [2.75, 3.05) is 19.7 Å². The van der Waals surface area contributed by atoms with Gasteiger partial charge in [0.15, 0.2) is 0 Å². The van der Waals surface area contributed by atoms with Crippen molar-refractivity contribution in [3.63, 3.8) is 0 Å². The van der Waals surface area contributed by atoms with Crippen LogP contribution in [0.5, 0.6) is 11.5 Å². The normalized spacial score (nSPS) is 15.5. The van der Waals surface area contributed by atoms with Gasteiger partial charge in [0.2, 0.25) is 0 Å². The van der Waals surface area contributed by atoms with Crippen LogP contribution in [-0.4, -0.2) is 55.1 Å². The zero-order valence-electron chi connectivity index (χ0n) is 20.5. The van der Waals surface area contributed by atoms with Crippen LogP contribution in [-0.2, 0) is 16.0 Å². The number of carboxylic acid groups (broad SMARTS) is 1. The average molecular weight is 548 g/mol. The Morgan fingerprint density at radius 1 is 1.03 bits per heavy atom. The third kappa shape index (κ3) is 7.70. The van der Waals surface area contributed by atoms with Crippen LogP contribution in [0, 0.1) is 5.82 Å². The van der Waals surface area contributed by atoms with E-state index in [1.165, 1.54) is 12.1 Å². The summed E-state index contributed by atoms with van der Waals surface area (Å²) in [6.45, 7) is -0.208. The lowest BCUT2D eigenvalue weighted by molar-refractivity contribution is -0.205. The number of hydrogen-bond acceptors (Lipinski definition) is 6. The second-order valence-corrected chi connectivity index (χ2v) is 8.93. The summed E-state index contributed by atoms with van der Waals surface area (Å²) in [6.07, 6.45) is -5.34. The minimum Gasteiger partial charge on any atom is -0.490 e. The third-order valence-corrected chi connectivity index (χ3v) is 6.05. The van der Waals surface area contributed by atoms with Crippen molar-refractivity contribution in [3.8, 4) is 22.6 Å². The Morgan fingerprint density at radius 2 is 1.72 bits per heavy atom. The monoisotopic (exact) mass is 547 g/mol. The van der Waals surface area contributed by atoms with Crippen LogP contribution in [0.3, 0.4) is 0 Å². The lowest BCUT2D eigenvalue weighted by atomic mass is 9.96. The predicted molar refractivity (Wildman–Crippen MR) is 132 cm³/mol. The lowest BCUT2D eigenvalue weighted by Gasteiger charge is -2.27. The van der Waals surface area contributed by atoms with E-state index in [9.17, 15) is 27.2 Å². The molecule has 2 N–H and O–H groups in total. The Labute approximate surface area is 221 Å². The summed E-state index contributed by atoms with van der Waals surface area (Å²) in [6, 6.07) is 17.1. The maximum absolute atomic E-state index is 13.1. The van der Waals surface area contributed by atoms with Crippen molar-refractivity contribution in [1.29, 1.82) is 0 Å². The molecule has 1 unspecified atom stereocenters. The van der Waals surface area contributed by atoms with Gasteiger partial charge >= 0.3 is 18.1 Å². The molecule has 7 nitrogen and oxygen atoms in total. The Hall–Kier alpha value is -4.12. The fraction of sp³-hybridized carbons (Fsp3) is 0.286. The molecular formula is C28H25F4NO6. The number of rotatable bonds is 10. The topological polar surface area (TPSA) is 94.1 Å². The van der Waals surface area contributed by atoms with Gasteiger partial charge < -0.3 is 24.6 Å². The fourth-order valence-corrected chi connectivity index (χ4v) is 4.05. The molecule has 0 aliphatic carbocycles. The van der Waals surface area contributed by atoms with E-state index in [-0.39, 0.29) is 37.1 Å². The van der Waals surface area contributed by atoms with E-state index in [1.54, 1.807) is 24.3 Å². The first kappa shape index (κ1) is 27.9. The summed E-state index contributed by atoms with van der Waals surface area (Å²) in [5.74, 6) is -2.92. The Balaban J connectivity index is 1.32. The second kappa shape index (κ2) is 12.2. The van der Waals surface area contributed by atoms with Gasteiger partial charge in [0.25, 0.3) is 0 Å². The number of fused-ring (bicyclic) bond motifs is 1. The highest BCUT2D eigenvalue weighted by Crippen LogP contribution is 2.32. The molecule has 3 aromatic carbocycles. The van der Waals surface area contributed by atoms with Gasteiger partial charge in [0.1, 0.15) is 36.1 Å². The Morgan fingerprint density at radius 3 is 2.38 bits per heavy atom. The van der Waals surface area contributed by atoms with Crippen LogP contribution in [0.4, 0.5) is 17.6 Å². The van der Waals surface area contributed by atoms with Crippen molar-refractivity contribution < 1.29 is 46.5 Å². The molecule has 0 saturated carbocycles. The first-order valence-corrected chi connectivity index (χ1v) is 12.1. The number of carbonyl (C=O) groups is 2. The second-order valence-electron chi connectivity index (χ2n) is 8.93. The standard InChI is InChI=1S/C28H25F4NO6/c29-21-7-10-22(11-8-21)37-16-24(39-27(36)28(30,31)32)15-33-14-23-9-5-20-13-19(6-12-25(20)38-23)17-1-3-18(4-2-17)26(34)35/h1-4,6-8,10-13,23-24,33H,5,9,14-16H2,(H,34,35)/t23-,24?/m1/s1. The number of hydrogen-bond donors (Lipinski definition) is 2. The molecule has 0 radical (unpaired) electrons. The van der Waals surface area contributed by atoms with Crippen molar-refractivity contribution in [2.24, 2.45) is 0 Å². The molecule has 1 aliphatic rings. The number of esters is 1. The molecule has 2 atom stereocenters. The number of nitrogens with one attached hydrogen (secondary N) is 1. The van der Waals surface area contributed by atoms with E-state index in [2.05, 4.69) is 10.1 Å². The molecule has 4 rings (SSSR count). The molecule has 1 aliphatic heterocycles. The summed E-state index contributed by atoms with van der Waals surface area (Å²) >= 11 is 0. The molecule has 0 saturated heterocycles. The van der Waals surface area contributed by atoms with Gasteiger partial charge in [-0.2, -0.15) is 13.2 Å². The molecule has 39 heavy (non-hydrogen) atoms. The summed E-state index contributed by atoms with van der Waals surface area (Å²) in [5.41, 5.74) is 2.97. The third-order valence-electron chi connectivity index (χ3n) is 6.05. The molecule has 11 heteroatoms. The highest BCUT2D eigenvalue weighted by atomic mass is 19.4. The van der Waals surface area contributed by atoms with E-state index < -0.39 is 30.0 Å². The van der Waals surface area contributed by atoms with Crippen molar-refractivity contribution in [3.05, 3.63) is 83.7 Å². The van der Waals surface area contributed by atoms with Gasteiger partial charge in [-0.1, -0.05) is 18.2 Å². The maximum Gasteiger partial charge on any atom is 0.490 e. The SMILES string of the molecule is O=C(O)c1ccc(-c2ccc3c(c2)CC[C@H](CNCC(COc2ccc(F)cc2)OC(=O)C(F)(F)F)O3)cc1. The van der Waals surface area contributed by atoms with Gasteiger partial charge in [-0.15, -0.1) is 0 Å². The van der Waals surface area contributed by atoms with Gasteiger partial charge in [-0.3, -0.25) is 0 Å². The van der Waals surface area contributed by atoms with Crippen molar-refractivity contribution in [2.45, 2.75) is 31.2 Å². The summed E-state index contributed by atoms with van der Waals surface area (Å²) < 4.78 is 67.3. The average Bonchev–Trinajstić information content (AvgIpc) is 2.91. The zero-order chi connectivity index (χ0) is 28.0. The Kier molecular flexibility index (Phi) is 8.70. The van der Waals surface area contributed by atoms with E-state index in [0.717, 1.165) is 28.8 Å². The van der Waals surface area contributed by atoms with Crippen LogP contribution in [0.2, 0.25) is 0 Å². The number of aromatic carboxylic acids is 1. The molecule has 206 valence electrons. The van der Waals surface area contributed by atoms with Crippen LogP contribution in [0.1, 0.15) is 22.3 Å². The van der Waals surface area contributed by atoms with Gasteiger partial charge in [-0.25, -0.2) is 14.0 Å². The molecule has 0 aromatic heterocycles.